The largest absolute Gasteiger partial charge is 0.492 e. The maximum absolute atomic E-state index is 5.79. The SMILES string of the molecule is Cc1cc(Br)ccc1OC[C@@H]1CCCN1. The van der Waals surface area contributed by atoms with E-state index in [-0.39, 0.29) is 0 Å². The zero-order valence-electron chi connectivity index (χ0n) is 8.92. The summed E-state index contributed by atoms with van der Waals surface area (Å²) in [6.45, 7) is 3.98. The van der Waals surface area contributed by atoms with Gasteiger partial charge in [-0.1, -0.05) is 15.9 Å². The molecule has 1 atom stereocenters. The molecule has 0 spiro atoms. The third-order valence-electron chi connectivity index (χ3n) is 2.74. The van der Waals surface area contributed by atoms with Gasteiger partial charge >= 0.3 is 0 Å². The lowest BCUT2D eigenvalue weighted by molar-refractivity contribution is 0.275. The van der Waals surface area contributed by atoms with Crippen LogP contribution in [-0.2, 0) is 0 Å². The van der Waals surface area contributed by atoms with Crippen molar-refractivity contribution in [3.8, 4) is 5.75 Å². The molecular weight excluding hydrogens is 254 g/mol. The molecule has 1 aliphatic rings. The summed E-state index contributed by atoms with van der Waals surface area (Å²) < 4.78 is 6.90. The molecule has 0 aromatic heterocycles. The highest BCUT2D eigenvalue weighted by molar-refractivity contribution is 9.10. The molecule has 1 heterocycles. The van der Waals surface area contributed by atoms with E-state index in [1.54, 1.807) is 0 Å². The monoisotopic (exact) mass is 269 g/mol. The Kier molecular flexibility index (Phi) is 3.65. The third kappa shape index (κ3) is 2.95. The van der Waals surface area contributed by atoms with Crippen LogP contribution in [0.2, 0.25) is 0 Å². The van der Waals surface area contributed by atoms with Crippen LogP contribution >= 0.6 is 15.9 Å². The first-order valence-electron chi connectivity index (χ1n) is 5.38. The topological polar surface area (TPSA) is 21.3 Å². The smallest absolute Gasteiger partial charge is 0.122 e. The van der Waals surface area contributed by atoms with E-state index in [1.165, 1.54) is 18.4 Å². The molecule has 2 rings (SSSR count). The van der Waals surface area contributed by atoms with E-state index in [0.29, 0.717) is 6.04 Å². The Morgan fingerprint density at radius 1 is 1.53 bits per heavy atom. The molecule has 15 heavy (non-hydrogen) atoms. The van der Waals surface area contributed by atoms with Crippen molar-refractivity contribution in [2.45, 2.75) is 25.8 Å². The zero-order valence-corrected chi connectivity index (χ0v) is 10.5. The van der Waals surface area contributed by atoms with E-state index in [1.807, 2.05) is 12.1 Å². The van der Waals surface area contributed by atoms with Gasteiger partial charge in [0.05, 0.1) is 0 Å². The van der Waals surface area contributed by atoms with Crippen molar-refractivity contribution >= 4 is 15.9 Å². The molecule has 0 amide bonds. The molecule has 1 aliphatic heterocycles. The predicted molar refractivity (Wildman–Crippen MR) is 65.4 cm³/mol. The van der Waals surface area contributed by atoms with E-state index < -0.39 is 0 Å². The van der Waals surface area contributed by atoms with Gasteiger partial charge in [-0.3, -0.25) is 0 Å². The van der Waals surface area contributed by atoms with Gasteiger partial charge in [-0.25, -0.2) is 0 Å². The van der Waals surface area contributed by atoms with Crippen LogP contribution in [0.15, 0.2) is 22.7 Å². The molecule has 3 heteroatoms. The summed E-state index contributed by atoms with van der Waals surface area (Å²) in [6, 6.07) is 6.66. The number of nitrogens with one attached hydrogen (secondary N) is 1. The van der Waals surface area contributed by atoms with E-state index in [0.717, 1.165) is 23.4 Å². The Hall–Kier alpha value is -0.540. The minimum atomic E-state index is 0.535. The van der Waals surface area contributed by atoms with E-state index in [9.17, 15) is 0 Å². The van der Waals surface area contributed by atoms with Crippen LogP contribution in [0.1, 0.15) is 18.4 Å². The summed E-state index contributed by atoms with van der Waals surface area (Å²) in [5.74, 6) is 0.993. The molecule has 1 saturated heterocycles. The number of hydrogen-bond donors (Lipinski definition) is 1. The van der Waals surface area contributed by atoms with Gasteiger partial charge in [-0.2, -0.15) is 0 Å². The van der Waals surface area contributed by atoms with Crippen LogP contribution in [0.4, 0.5) is 0 Å². The molecule has 82 valence electrons. The molecule has 1 aromatic rings. The first-order chi connectivity index (χ1) is 7.25. The molecule has 0 unspecified atom stereocenters. The number of benzene rings is 1. The lowest BCUT2D eigenvalue weighted by atomic mass is 10.2. The molecule has 0 bridgehead atoms. The fourth-order valence-corrected chi connectivity index (χ4v) is 2.34. The molecule has 0 aliphatic carbocycles. The van der Waals surface area contributed by atoms with Crippen LogP contribution in [0, 0.1) is 6.92 Å². The molecule has 1 aromatic carbocycles. The second-order valence-electron chi connectivity index (χ2n) is 4.01. The maximum Gasteiger partial charge on any atom is 0.122 e. The van der Waals surface area contributed by atoms with Crippen molar-refractivity contribution in [2.75, 3.05) is 13.2 Å². The van der Waals surface area contributed by atoms with Crippen molar-refractivity contribution in [3.05, 3.63) is 28.2 Å². The highest BCUT2D eigenvalue weighted by Gasteiger charge is 2.14. The second kappa shape index (κ2) is 4.99. The van der Waals surface area contributed by atoms with Gasteiger partial charge in [0.15, 0.2) is 0 Å². The highest BCUT2D eigenvalue weighted by Crippen LogP contribution is 2.22. The van der Waals surface area contributed by atoms with Gasteiger partial charge in [0.25, 0.3) is 0 Å². The third-order valence-corrected chi connectivity index (χ3v) is 3.23. The van der Waals surface area contributed by atoms with Gasteiger partial charge < -0.3 is 10.1 Å². The Bertz CT molecular complexity index is 334. The minimum absolute atomic E-state index is 0.535. The number of aryl methyl sites for hydroxylation is 1. The Morgan fingerprint density at radius 2 is 2.40 bits per heavy atom. The molecule has 0 radical (unpaired) electrons. The van der Waals surface area contributed by atoms with E-state index >= 15 is 0 Å². The van der Waals surface area contributed by atoms with Crippen LogP contribution in [0.25, 0.3) is 0 Å². The van der Waals surface area contributed by atoms with E-state index in [2.05, 4.69) is 34.2 Å². The minimum Gasteiger partial charge on any atom is -0.492 e. The van der Waals surface area contributed by atoms with Crippen molar-refractivity contribution in [1.82, 2.24) is 5.32 Å². The van der Waals surface area contributed by atoms with E-state index in [4.69, 9.17) is 4.74 Å². The number of rotatable bonds is 3. The molecule has 1 fully saturated rings. The Balaban J connectivity index is 1.92. The lowest BCUT2D eigenvalue weighted by Gasteiger charge is -2.13. The number of hydrogen-bond acceptors (Lipinski definition) is 2. The lowest BCUT2D eigenvalue weighted by Crippen LogP contribution is -2.28. The van der Waals surface area contributed by atoms with Crippen molar-refractivity contribution in [3.63, 3.8) is 0 Å². The van der Waals surface area contributed by atoms with Crippen LogP contribution in [0.3, 0.4) is 0 Å². The quantitative estimate of drug-likeness (QED) is 0.911. The van der Waals surface area contributed by atoms with Gasteiger partial charge in [-0.15, -0.1) is 0 Å². The molecular formula is C12H16BrNO. The summed E-state index contributed by atoms with van der Waals surface area (Å²) in [7, 11) is 0. The predicted octanol–water partition coefficient (Wildman–Crippen LogP) is 2.89. The Labute approximate surface area is 99.1 Å². The standard InChI is InChI=1S/C12H16BrNO/c1-9-7-10(13)4-5-12(9)15-8-11-3-2-6-14-11/h4-5,7,11,14H,2-3,6,8H2,1H3/t11-/m0/s1. The summed E-state index contributed by atoms with van der Waals surface area (Å²) in [4.78, 5) is 0. The fourth-order valence-electron chi connectivity index (χ4n) is 1.86. The zero-order chi connectivity index (χ0) is 10.7. The number of ether oxygens (including phenoxy) is 1. The van der Waals surface area contributed by atoms with Crippen LogP contribution < -0.4 is 10.1 Å². The summed E-state index contributed by atoms with van der Waals surface area (Å²) in [5.41, 5.74) is 1.18. The number of halogens is 1. The second-order valence-corrected chi connectivity index (χ2v) is 4.93. The van der Waals surface area contributed by atoms with Crippen LogP contribution in [-0.4, -0.2) is 19.2 Å². The fraction of sp³-hybridized carbons (Fsp3) is 0.500. The van der Waals surface area contributed by atoms with Crippen molar-refractivity contribution in [1.29, 1.82) is 0 Å². The summed E-state index contributed by atoms with van der Waals surface area (Å²) in [5, 5.41) is 3.42. The first-order valence-corrected chi connectivity index (χ1v) is 6.17. The van der Waals surface area contributed by atoms with Gasteiger partial charge in [0.1, 0.15) is 12.4 Å². The van der Waals surface area contributed by atoms with Gasteiger partial charge in [-0.05, 0) is 50.1 Å². The molecule has 2 nitrogen and oxygen atoms in total. The molecule has 0 saturated carbocycles. The summed E-state index contributed by atoms with van der Waals surface area (Å²) >= 11 is 3.45. The maximum atomic E-state index is 5.79. The van der Waals surface area contributed by atoms with Crippen molar-refractivity contribution < 1.29 is 4.74 Å². The highest BCUT2D eigenvalue weighted by atomic mass is 79.9. The van der Waals surface area contributed by atoms with Crippen molar-refractivity contribution in [2.24, 2.45) is 0 Å². The molecule has 1 N–H and O–H groups in total. The average molecular weight is 270 g/mol. The Morgan fingerprint density at radius 3 is 3.07 bits per heavy atom. The summed E-state index contributed by atoms with van der Waals surface area (Å²) in [6.07, 6.45) is 2.50. The van der Waals surface area contributed by atoms with Gasteiger partial charge in [0, 0.05) is 10.5 Å². The normalized spacial score (nSPS) is 20.5. The first kappa shape index (κ1) is 11.0. The average Bonchev–Trinajstić information content (AvgIpc) is 2.69. The van der Waals surface area contributed by atoms with Crippen LogP contribution in [0.5, 0.6) is 5.75 Å². The van der Waals surface area contributed by atoms with Gasteiger partial charge in [0.2, 0.25) is 0 Å².